The maximum atomic E-state index is 12.6. The van der Waals surface area contributed by atoms with E-state index in [4.69, 9.17) is 9.15 Å². The van der Waals surface area contributed by atoms with Crippen LogP contribution in [0.5, 0.6) is 0 Å². The summed E-state index contributed by atoms with van der Waals surface area (Å²) in [5.41, 5.74) is 2.40. The third-order valence-corrected chi connectivity index (χ3v) is 6.41. The van der Waals surface area contributed by atoms with Crippen LogP contribution in [-0.4, -0.2) is 38.6 Å². The molecule has 1 fully saturated rings. The third-order valence-electron chi connectivity index (χ3n) is 4.99. The summed E-state index contributed by atoms with van der Waals surface area (Å²) in [4.78, 5) is 16.9. The van der Waals surface area contributed by atoms with Crippen LogP contribution in [0.1, 0.15) is 29.1 Å². The number of amides is 1. The first-order chi connectivity index (χ1) is 14.9. The lowest BCUT2D eigenvalue weighted by atomic mass is 10.1. The van der Waals surface area contributed by atoms with E-state index in [0.717, 1.165) is 18.4 Å². The number of rotatable bonds is 7. The number of carbonyl (C=O) groups is 1. The summed E-state index contributed by atoms with van der Waals surface area (Å²) >= 11 is 0. The van der Waals surface area contributed by atoms with E-state index in [1.165, 1.54) is 12.1 Å². The lowest BCUT2D eigenvalue weighted by molar-refractivity contribution is 0.102. The summed E-state index contributed by atoms with van der Waals surface area (Å²) in [6.07, 6.45) is 3.23. The van der Waals surface area contributed by atoms with E-state index in [1.54, 1.807) is 37.5 Å². The van der Waals surface area contributed by atoms with Gasteiger partial charge in [0.05, 0.1) is 11.0 Å². The number of ether oxygens (including phenoxy) is 1. The van der Waals surface area contributed by atoms with Crippen molar-refractivity contribution in [2.75, 3.05) is 18.5 Å². The number of nitrogens with zero attached hydrogens (tertiary/aromatic N) is 1. The van der Waals surface area contributed by atoms with Crippen molar-refractivity contribution < 1.29 is 22.4 Å². The molecule has 0 spiro atoms. The minimum atomic E-state index is -3.74. The number of anilines is 1. The molecule has 0 bridgehead atoms. The van der Waals surface area contributed by atoms with Gasteiger partial charge in [-0.15, -0.1) is 0 Å². The Morgan fingerprint density at radius 1 is 1.19 bits per heavy atom. The molecule has 8 nitrogen and oxygen atoms in total. The van der Waals surface area contributed by atoms with Gasteiger partial charge in [0, 0.05) is 36.9 Å². The average Bonchev–Trinajstić information content (AvgIpc) is 3.45. The molecule has 0 saturated carbocycles. The van der Waals surface area contributed by atoms with E-state index in [2.05, 4.69) is 15.0 Å². The Morgan fingerprint density at radius 2 is 2.00 bits per heavy atom. The van der Waals surface area contributed by atoms with E-state index in [-0.39, 0.29) is 23.1 Å². The predicted octanol–water partition coefficient (Wildman–Crippen LogP) is 3.36. The molecule has 1 aliphatic heterocycles. The molecule has 4 rings (SSSR count). The van der Waals surface area contributed by atoms with Gasteiger partial charge in [0.25, 0.3) is 5.91 Å². The summed E-state index contributed by atoms with van der Waals surface area (Å²) in [6, 6.07) is 13.1. The van der Waals surface area contributed by atoms with Crippen LogP contribution in [0.4, 0.5) is 5.69 Å². The van der Waals surface area contributed by atoms with Gasteiger partial charge in [0.15, 0.2) is 5.89 Å². The summed E-state index contributed by atoms with van der Waals surface area (Å²) in [7, 11) is -3.74. The van der Waals surface area contributed by atoms with E-state index in [0.29, 0.717) is 23.9 Å². The maximum Gasteiger partial charge on any atom is 0.255 e. The zero-order valence-electron chi connectivity index (χ0n) is 17.0. The Kier molecular flexibility index (Phi) is 6.17. The number of oxazole rings is 1. The number of benzene rings is 2. The fourth-order valence-electron chi connectivity index (χ4n) is 3.32. The molecule has 1 aliphatic rings. The summed E-state index contributed by atoms with van der Waals surface area (Å²) < 4.78 is 38.4. The van der Waals surface area contributed by atoms with Crippen molar-refractivity contribution in [1.29, 1.82) is 0 Å². The zero-order valence-corrected chi connectivity index (χ0v) is 17.8. The summed E-state index contributed by atoms with van der Waals surface area (Å²) in [5, 5.41) is 2.78. The molecule has 3 aromatic rings. The number of nitrogens with one attached hydrogen (secondary N) is 2. The Morgan fingerprint density at radius 3 is 2.68 bits per heavy atom. The predicted molar refractivity (Wildman–Crippen MR) is 115 cm³/mol. The van der Waals surface area contributed by atoms with Crippen LogP contribution in [-0.2, 0) is 14.8 Å². The lowest BCUT2D eigenvalue weighted by Gasteiger charge is -2.12. The molecule has 2 heterocycles. The molecular weight excluding hydrogens is 418 g/mol. The van der Waals surface area contributed by atoms with Crippen molar-refractivity contribution in [3.05, 3.63) is 66.2 Å². The fourth-order valence-corrected chi connectivity index (χ4v) is 4.43. The topological polar surface area (TPSA) is 111 Å². The van der Waals surface area contributed by atoms with Crippen molar-refractivity contribution in [3.8, 4) is 11.3 Å². The van der Waals surface area contributed by atoms with Crippen LogP contribution in [0.15, 0.2) is 64.1 Å². The van der Waals surface area contributed by atoms with E-state index >= 15 is 0 Å². The molecule has 1 aromatic heterocycles. The maximum absolute atomic E-state index is 12.6. The van der Waals surface area contributed by atoms with Gasteiger partial charge in [0.2, 0.25) is 10.0 Å². The lowest BCUT2D eigenvalue weighted by Crippen LogP contribution is -2.32. The molecule has 1 saturated heterocycles. The normalized spacial score (nSPS) is 16.4. The SMILES string of the molecule is Cc1nc(-c2ccc(NC(=O)c3cccc(S(=O)(=O)NCC4CCCO4)c3)cc2)co1. The Labute approximate surface area is 180 Å². The molecule has 0 aliphatic carbocycles. The molecule has 0 radical (unpaired) electrons. The quantitative estimate of drug-likeness (QED) is 0.582. The number of aromatic nitrogens is 1. The molecule has 162 valence electrons. The summed E-state index contributed by atoms with van der Waals surface area (Å²) in [6.45, 7) is 2.64. The highest BCUT2D eigenvalue weighted by atomic mass is 32.2. The van der Waals surface area contributed by atoms with Crippen LogP contribution >= 0.6 is 0 Å². The first-order valence-electron chi connectivity index (χ1n) is 9.96. The number of carbonyl (C=O) groups excluding carboxylic acids is 1. The summed E-state index contributed by atoms with van der Waals surface area (Å²) in [5.74, 6) is 0.175. The Bertz CT molecular complexity index is 1170. The van der Waals surface area contributed by atoms with Gasteiger partial charge >= 0.3 is 0 Å². The van der Waals surface area contributed by atoms with E-state index in [1.807, 2.05) is 12.1 Å². The second-order valence-corrected chi connectivity index (χ2v) is 9.06. The van der Waals surface area contributed by atoms with Gasteiger partial charge in [0.1, 0.15) is 12.0 Å². The number of hydrogen-bond acceptors (Lipinski definition) is 6. The number of sulfonamides is 1. The van der Waals surface area contributed by atoms with E-state index in [9.17, 15) is 13.2 Å². The zero-order chi connectivity index (χ0) is 21.8. The molecule has 9 heteroatoms. The van der Waals surface area contributed by atoms with E-state index < -0.39 is 15.9 Å². The fraction of sp³-hybridized carbons (Fsp3) is 0.273. The van der Waals surface area contributed by atoms with Crippen molar-refractivity contribution in [2.24, 2.45) is 0 Å². The van der Waals surface area contributed by atoms with Gasteiger partial charge in [-0.1, -0.05) is 18.2 Å². The smallest absolute Gasteiger partial charge is 0.255 e. The monoisotopic (exact) mass is 441 g/mol. The standard InChI is InChI=1S/C22H23N3O5S/c1-15-24-21(14-30-15)16-7-9-18(10-8-16)25-22(26)17-4-2-6-20(12-17)31(27,28)23-13-19-5-3-11-29-19/h2,4,6-10,12,14,19,23H,3,5,11,13H2,1H3,(H,25,26). The van der Waals surface area contributed by atoms with Crippen LogP contribution < -0.4 is 10.0 Å². The van der Waals surface area contributed by atoms with Crippen molar-refractivity contribution in [1.82, 2.24) is 9.71 Å². The number of aryl methyl sites for hydroxylation is 1. The second-order valence-electron chi connectivity index (χ2n) is 7.30. The average molecular weight is 442 g/mol. The van der Waals surface area contributed by atoms with Crippen LogP contribution in [0.3, 0.4) is 0 Å². The molecular formula is C22H23N3O5S. The van der Waals surface area contributed by atoms with Gasteiger partial charge in [-0.3, -0.25) is 4.79 Å². The van der Waals surface area contributed by atoms with Gasteiger partial charge < -0.3 is 14.5 Å². The highest BCUT2D eigenvalue weighted by molar-refractivity contribution is 7.89. The molecule has 2 N–H and O–H groups in total. The Hall–Kier alpha value is -3.01. The molecule has 1 atom stereocenters. The van der Waals surface area contributed by atoms with Crippen LogP contribution in [0, 0.1) is 6.92 Å². The third kappa shape index (κ3) is 5.19. The molecule has 1 amide bonds. The van der Waals surface area contributed by atoms with Crippen LogP contribution in [0.2, 0.25) is 0 Å². The molecule has 31 heavy (non-hydrogen) atoms. The van der Waals surface area contributed by atoms with Gasteiger partial charge in [-0.05, 0) is 43.2 Å². The van der Waals surface area contributed by atoms with Gasteiger partial charge in [-0.25, -0.2) is 18.1 Å². The first-order valence-corrected chi connectivity index (χ1v) is 11.4. The minimum absolute atomic E-state index is 0.0369. The van der Waals surface area contributed by atoms with Crippen LogP contribution in [0.25, 0.3) is 11.3 Å². The highest BCUT2D eigenvalue weighted by Gasteiger charge is 2.21. The Balaban J connectivity index is 1.43. The largest absolute Gasteiger partial charge is 0.449 e. The van der Waals surface area contributed by atoms with Crippen molar-refractivity contribution in [3.63, 3.8) is 0 Å². The molecule has 2 aromatic carbocycles. The van der Waals surface area contributed by atoms with Crippen molar-refractivity contribution in [2.45, 2.75) is 30.8 Å². The van der Waals surface area contributed by atoms with Crippen molar-refractivity contribution >= 4 is 21.6 Å². The first kappa shape index (κ1) is 21.2. The minimum Gasteiger partial charge on any atom is -0.449 e. The number of hydrogen-bond donors (Lipinski definition) is 2. The molecule has 1 unspecified atom stereocenters. The van der Waals surface area contributed by atoms with Gasteiger partial charge in [-0.2, -0.15) is 0 Å². The highest BCUT2D eigenvalue weighted by Crippen LogP contribution is 2.21. The second kappa shape index (κ2) is 9.01.